The topological polar surface area (TPSA) is 75.7 Å². The molecule has 1 aliphatic rings. The van der Waals surface area contributed by atoms with Crippen molar-refractivity contribution in [2.24, 2.45) is 0 Å². The van der Waals surface area contributed by atoms with Crippen molar-refractivity contribution >= 4 is 33.0 Å². The quantitative estimate of drug-likeness (QED) is 0.865. The zero-order valence-corrected chi connectivity index (χ0v) is 15.7. The van der Waals surface area contributed by atoms with Gasteiger partial charge in [0, 0.05) is 24.4 Å². The Morgan fingerprint density at radius 2 is 2.12 bits per heavy atom. The second-order valence-corrected chi connectivity index (χ2v) is 8.78. The van der Waals surface area contributed by atoms with E-state index in [0.717, 1.165) is 10.4 Å². The summed E-state index contributed by atoms with van der Waals surface area (Å²) in [6.45, 7) is 2.95. The van der Waals surface area contributed by atoms with E-state index in [4.69, 9.17) is 4.74 Å². The summed E-state index contributed by atoms with van der Waals surface area (Å²) in [6.07, 6.45) is 1.15. The third-order valence-electron chi connectivity index (χ3n) is 4.12. The number of methoxy groups -OCH3 is 1. The summed E-state index contributed by atoms with van der Waals surface area (Å²) in [5, 5.41) is 0. The first-order chi connectivity index (χ1) is 11.9. The summed E-state index contributed by atoms with van der Waals surface area (Å²) in [5.41, 5.74) is 1.32. The molecule has 0 spiro atoms. The van der Waals surface area contributed by atoms with Crippen LogP contribution in [0.2, 0.25) is 0 Å². The molecule has 1 amide bonds. The van der Waals surface area contributed by atoms with E-state index in [9.17, 15) is 13.2 Å². The van der Waals surface area contributed by atoms with E-state index < -0.39 is 10.0 Å². The molecule has 1 aromatic carbocycles. The molecular formula is C17H20N2O4S2. The van der Waals surface area contributed by atoms with Crippen LogP contribution in [0.4, 0.5) is 5.69 Å². The van der Waals surface area contributed by atoms with Crippen LogP contribution in [0.15, 0.2) is 34.5 Å². The number of hydrogen-bond donors (Lipinski definition) is 1. The lowest BCUT2D eigenvalue weighted by Crippen LogP contribution is -2.34. The van der Waals surface area contributed by atoms with Crippen LogP contribution in [-0.4, -0.2) is 32.9 Å². The van der Waals surface area contributed by atoms with Crippen molar-refractivity contribution in [3.05, 3.63) is 40.8 Å². The van der Waals surface area contributed by atoms with Crippen molar-refractivity contribution in [2.75, 3.05) is 18.4 Å². The molecule has 1 aliphatic heterocycles. The number of carbonyl (C=O) groups is 1. The van der Waals surface area contributed by atoms with E-state index in [1.54, 1.807) is 35.2 Å². The van der Waals surface area contributed by atoms with E-state index in [-0.39, 0.29) is 10.1 Å². The number of thiophene rings is 1. The first kappa shape index (κ1) is 17.8. The highest BCUT2D eigenvalue weighted by Crippen LogP contribution is 2.33. The maximum Gasteiger partial charge on any atom is 0.271 e. The zero-order valence-electron chi connectivity index (χ0n) is 14.1. The summed E-state index contributed by atoms with van der Waals surface area (Å²) in [4.78, 5) is 14.7. The molecule has 0 saturated carbocycles. The Labute approximate surface area is 151 Å². The fourth-order valence-corrected chi connectivity index (χ4v) is 5.41. The third kappa shape index (κ3) is 3.64. The molecule has 0 atom stereocenters. The number of sulfonamides is 1. The Morgan fingerprint density at radius 1 is 1.36 bits per heavy atom. The van der Waals surface area contributed by atoms with E-state index in [1.807, 2.05) is 6.92 Å². The Bertz CT molecular complexity index is 890. The highest BCUT2D eigenvalue weighted by molar-refractivity contribution is 7.94. The number of anilines is 1. The Hall–Kier alpha value is -2.06. The van der Waals surface area contributed by atoms with Gasteiger partial charge in [-0.25, -0.2) is 8.42 Å². The highest BCUT2D eigenvalue weighted by atomic mass is 32.2. The fraction of sp³-hybridized carbons (Fsp3) is 0.353. The van der Waals surface area contributed by atoms with Crippen LogP contribution in [0.5, 0.6) is 5.75 Å². The van der Waals surface area contributed by atoms with E-state index in [2.05, 4.69) is 4.72 Å². The zero-order chi connectivity index (χ0) is 18.0. The predicted octanol–water partition coefficient (Wildman–Crippen LogP) is 2.85. The van der Waals surface area contributed by atoms with Gasteiger partial charge in [0.1, 0.15) is 9.96 Å². The van der Waals surface area contributed by atoms with Crippen LogP contribution in [0.3, 0.4) is 0 Å². The molecule has 0 radical (unpaired) electrons. The predicted molar refractivity (Wildman–Crippen MR) is 97.5 cm³/mol. The van der Waals surface area contributed by atoms with Gasteiger partial charge in [-0.2, -0.15) is 0 Å². The fourth-order valence-electron chi connectivity index (χ4n) is 2.80. The third-order valence-corrected chi connectivity index (χ3v) is 7.19. The Kier molecular flexibility index (Phi) is 5.01. The molecule has 1 aromatic heterocycles. The molecule has 2 heterocycles. The number of carbonyl (C=O) groups excluding carboxylic acids is 1. The first-order valence-corrected chi connectivity index (χ1v) is 10.3. The van der Waals surface area contributed by atoms with Gasteiger partial charge in [0.05, 0.1) is 12.8 Å². The lowest BCUT2D eigenvalue weighted by Gasteiger charge is -2.26. The van der Waals surface area contributed by atoms with E-state index >= 15 is 0 Å². The van der Waals surface area contributed by atoms with Gasteiger partial charge in [-0.05, 0) is 30.2 Å². The average Bonchev–Trinajstić information content (AvgIpc) is 3.05. The van der Waals surface area contributed by atoms with Crippen molar-refractivity contribution < 1.29 is 17.9 Å². The minimum Gasteiger partial charge on any atom is -0.495 e. The highest BCUT2D eigenvalue weighted by Gasteiger charge is 2.26. The summed E-state index contributed by atoms with van der Waals surface area (Å²) < 4.78 is 33.5. The van der Waals surface area contributed by atoms with Crippen LogP contribution in [0.25, 0.3) is 0 Å². The van der Waals surface area contributed by atoms with Crippen LogP contribution in [-0.2, 0) is 27.8 Å². The van der Waals surface area contributed by atoms with Crippen molar-refractivity contribution in [3.63, 3.8) is 0 Å². The summed E-state index contributed by atoms with van der Waals surface area (Å²) in [5.74, 6) is 0.556. The standard InChI is InChI=1S/C17H20N2O4S2/c1-3-16(20)19-9-8-15-12(11-19)10-17(24-15)25(21,22)18-13-6-4-5-7-14(13)23-2/h4-7,10,18H,3,8-9,11H2,1-2H3. The number of benzene rings is 1. The van der Waals surface area contributed by atoms with Gasteiger partial charge in [0.15, 0.2) is 0 Å². The molecule has 134 valence electrons. The normalized spacial score (nSPS) is 14.1. The second kappa shape index (κ2) is 7.05. The SMILES string of the molecule is CCC(=O)N1CCc2sc(S(=O)(=O)Nc3ccccc3OC)cc2C1. The molecule has 0 saturated heterocycles. The number of para-hydroxylation sites is 2. The maximum absolute atomic E-state index is 12.7. The molecule has 3 rings (SSSR count). The number of amides is 1. The minimum atomic E-state index is -3.70. The summed E-state index contributed by atoms with van der Waals surface area (Å²) in [7, 11) is -2.20. The average molecular weight is 380 g/mol. The minimum absolute atomic E-state index is 0.0911. The van der Waals surface area contributed by atoms with Gasteiger partial charge < -0.3 is 9.64 Å². The molecule has 0 aliphatic carbocycles. The monoisotopic (exact) mass is 380 g/mol. The van der Waals surface area contributed by atoms with Crippen molar-refractivity contribution in [1.82, 2.24) is 4.90 Å². The smallest absolute Gasteiger partial charge is 0.271 e. The van der Waals surface area contributed by atoms with Crippen molar-refractivity contribution in [3.8, 4) is 5.75 Å². The van der Waals surface area contributed by atoms with Gasteiger partial charge in [-0.15, -0.1) is 11.3 Å². The van der Waals surface area contributed by atoms with Crippen LogP contribution < -0.4 is 9.46 Å². The first-order valence-electron chi connectivity index (χ1n) is 7.99. The number of rotatable bonds is 5. The molecule has 0 unspecified atom stereocenters. The molecule has 6 nitrogen and oxygen atoms in total. The van der Waals surface area contributed by atoms with E-state index in [0.29, 0.717) is 37.4 Å². The summed E-state index contributed by atoms with van der Waals surface area (Å²) in [6, 6.07) is 8.55. The number of ether oxygens (including phenoxy) is 1. The number of hydrogen-bond acceptors (Lipinski definition) is 5. The van der Waals surface area contributed by atoms with Gasteiger partial charge in [-0.3, -0.25) is 9.52 Å². The second-order valence-electron chi connectivity index (χ2n) is 5.74. The van der Waals surface area contributed by atoms with Gasteiger partial charge in [-0.1, -0.05) is 19.1 Å². The lowest BCUT2D eigenvalue weighted by atomic mass is 10.1. The molecular weight excluding hydrogens is 360 g/mol. The number of nitrogens with zero attached hydrogens (tertiary/aromatic N) is 1. The molecule has 8 heteroatoms. The molecule has 25 heavy (non-hydrogen) atoms. The molecule has 0 bridgehead atoms. The van der Waals surface area contributed by atoms with Crippen LogP contribution >= 0.6 is 11.3 Å². The Balaban J connectivity index is 1.85. The number of nitrogens with one attached hydrogen (secondary N) is 1. The van der Waals surface area contributed by atoms with Gasteiger partial charge in [0.2, 0.25) is 5.91 Å². The van der Waals surface area contributed by atoms with Crippen LogP contribution in [0.1, 0.15) is 23.8 Å². The van der Waals surface area contributed by atoms with E-state index in [1.165, 1.54) is 18.4 Å². The lowest BCUT2D eigenvalue weighted by molar-refractivity contribution is -0.131. The number of fused-ring (bicyclic) bond motifs is 1. The molecule has 1 N–H and O–H groups in total. The van der Waals surface area contributed by atoms with Gasteiger partial charge in [0.25, 0.3) is 10.0 Å². The Morgan fingerprint density at radius 3 is 2.84 bits per heavy atom. The van der Waals surface area contributed by atoms with Crippen molar-refractivity contribution in [2.45, 2.75) is 30.5 Å². The largest absolute Gasteiger partial charge is 0.495 e. The molecule has 2 aromatic rings. The summed E-state index contributed by atoms with van der Waals surface area (Å²) >= 11 is 1.27. The maximum atomic E-state index is 12.7. The van der Waals surface area contributed by atoms with Gasteiger partial charge >= 0.3 is 0 Å². The van der Waals surface area contributed by atoms with Crippen LogP contribution in [0, 0.1) is 0 Å². The van der Waals surface area contributed by atoms with Crippen molar-refractivity contribution in [1.29, 1.82) is 0 Å². The molecule has 0 fully saturated rings.